The Bertz CT molecular complexity index is 896. The van der Waals surface area contributed by atoms with Gasteiger partial charge >= 0.3 is 0 Å². The van der Waals surface area contributed by atoms with Crippen LogP contribution in [0.15, 0.2) is 35.9 Å². The van der Waals surface area contributed by atoms with Gasteiger partial charge in [0.25, 0.3) is 0 Å². The molecule has 10 heteroatoms. The van der Waals surface area contributed by atoms with Crippen LogP contribution in [0.2, 0.25) is 5.15 Å². The van der Waals surface area contributed by atoms with E-state index in [0.717, 1.165) is 5.69 Å². The van der Waals surface area contributed by atoms with Crippen LogP contribution in [0.1, 0.15) is 39.5 Å². The third-order valence-electron chi connectivity index (χ3n) is 4.88. The molecule has 0 bridgehead atoms. The van der Waals surface area contributed by atoms with Gasteiger partial charge in [-0.2, -0.15) is 5.10 Å². The Labute approximate surface area is 178 Å². The van der Waals surface area contributed by atoms with Crippen molar-refractivity contribution in [3.63, 3.8) is 0 Å². The topological polar surface area (TPSA) is 72.6 Å². The lowest BCUT2D eigenvalue weighted by Gasteiger charge is -2.33. The molecule has 162 valence electrons. The van der Waals surface area contributed by atoms with Gasteiger partial charge in [-0.25, -0.2) is 13.5 Å². The standard InChI is InChI=1S/C20H24ClF2N5O2/c1-3-27(17-12-28(25-19(17)21)16-5-4-8-24-11-16)18(29)7-6-14(2)26-30-13-15-9-20(22,23)10-15/h4-5,8,11-12,15H,3,6-7,9-10,13H2,1-2H3/b26-14+. The molecule has 2 aromatic rings. The molecule has 2 heterocycles. The van der Waals surface area contributed by atoms with Gasteiger partial charge in [0.15, 0.2) is 5.15 Å². The summed E-state index contributed by atoms with van der Waals surface area (Å²) in [5, 5.41) is 8.42. The Morgan fingerprint density at radius 2 is 2.20 bits per heavy atom. The molecule has 0 spiro atoms. The van der Waals surface area contributed by atoms with Gasteiger partial charge in [-0.05, 0) is 32.4 Å². The molecule has 3 rings (SSSR count). The van der Waals surface area contributed by atoms with Crippen LogP contribution in [-0.4, -0.2) is 45.5 Å². The first-order valence-corrected chi connectivity index (χ1v) is 10.2. The number of nitrogens with zero attached hydrogens (tertiary/aromatic N) is 5. The second kappa shape index (κ2) is 9.51. The highest BCUT2D eigenvalue weighted by molar-refractivity contribution is 6.32. The number of pyridine rings is 1. The van der Waals surface area contributed by atoms with Crippen molar-refractivity contribution in [2.75, 3.05) is 18.1 Å². The minimum atomic E-state index is -2.56. The van der Waals surface area contributed by atoms with Crippen LogP contribution < -0.4 is 4.90 Å². The molecule has 1 fully saturated rings. The summed E-state index contributed by atoms with van der Waals surface area (Å²) in [7, 11) is 0. The van der Waals surface area contributed by atoms with Gasteiger partial charge in [0.2, 0.25) is 11.8 Å². The zero-order valence-corrected chi connectivity index (χ0v) is 17.6. The Kier molecular flexibility index (Phi) is 7.02. The van der Waals surface area contributed by atoms with Gasteiger partial charge in [0.1, 0.15) is 12.3 Å². The molecule has 0 unspecified atom stereocenters. The van der Waals surface area contributed by atoms with E-state index >= 15 is 0 Å². The van der Waals surface area contributed by atoms with Crippen LogP contribution in [0, 0.1) is 5.92 Å². The summed E-state index contributed by atoms with van der Waals surface area (Å²) in [4.78, 5) is 23.5. The van der Waals surface area contributed by atoms with Crippen LogP contribution in [0.25, 0.3) is 5.69 Å². The van der Waals surface area contributed by atoms with Gasteiger partial charge in [0.05, 0.1) is 23.8 Å². The molecule has 0 saturated heterocycles. The molecule has 1 saturated carbocycles. The molecular weight excluding hydrogens is 416 g/mol. The van der Waals surface area contributed by atoms with Crippen molar-refractivity contribution in [3.8, 4) is 5.69 Å². The van der Waals surface area contributed by atoms with Crippen LogP contribution in [0.3, 0.4) is 0 Å². The molecule has 1 aliphatic carbocycles. The van der Waals surface area contributed by atoms with Crippen LogP contribution in [-0.2, 0) is 9.63 Å². The van der Waals surface area contributed by atoms with E-state index in [4.69, 9.17) is 16.4 Å². The number of rotatable bonds is 9. The summed E-state index contributed by atoms with van der Waals surface area (Å²) >= 11 is 6.27. The summed E-state index contributed by atoms with van der Waals surface area (Å²) in [5.41, 5.74) is 1.88. The third-order valence-corrected chi connectivity index (χ3v) is 5.15. The van der Waals surface area contributed by atoms with E-state index in [1.165, 1.54) is 0 Å². The summed E-state index contributed by atoms with van der Waals surface area (Å²) < 4.78 is 27.2. The zero-order chi connectivity index (χ0) is 21.7. The van der Waals surface area contributed by atoms with Gasteiger partial charge < -0.3 is 9.74 Å². The Hall–Kier alpha value is -2.55. The minimum absolute atomic E-state index is 0.127. The van der Waals surface area contributed by atoms with Crippen LogP contribution in [0.5, 0.6) is 0 Å². The maximum Gasteiger partial charge on any atom is 0.248 e. The molecule has 30 heavy (non-hydrogen) atoms. The van der Waals surface area contributed by atoms with Crippen molar-refractivity contribution in [3.05, 3.63) is 35.9 Å². The molecule has 0 atom stereocenters. The number of oxime groups is 1. The van der Waals surface area contributed by atoms with E-state index in [2.05, 4.69) is 15.2 Å². The minimum Gasteiger partial charge on any atom is -0.396 e. The number of alkyl halides is 2. The van der Waals surface area contributed by atoms with E-state index in [-0.39, 0.29) is 42.8 Å². The van der Waals surface area contributed by atoms with E-state index in [1.54, 1.807) is 41.2 Å². The SMILES string of the molecule is CCN(C(=O)CC/C(C)=N/OCC1CC(F)(F)C1)c1cn(-c2cccnc2)nc1Cl. The second-order valence-corrected chi connectivity index (χ2v) is 7.71. The van der Waals surface area contributed by atoms with Crippen molar-refractivity contribution in [1.29, 1.82) is 0 Å². The molecule has 1 aliphatic rings. The first-order chi connectivity index (χ1) is 14.3. The second-order valence-electron chi connectivity index (χ2n) is 7.35. The molecule has 0 radical (unpaired) electrons. The molecular formula is C20H24ClF2N5O2. The number of anilines is 1. The summed E-state index contributed by atoms with van der Waals surface area (Å²) in [6, 6.07) is 3.62. The summed E-state index contributed by atoms with van der Waals surface area (Å²) in [5.74, 6) is -2.85. The highest BCUT2D eigenvalue weighted by Crippen LogP contribution is 2.42. The van der Waals surface area contributed by atoms with E-state index in [9.17, 15) is 13.6 Å². The summed E-state index contributed by atoms with van der Waals surface area (Å²) in [6.07, 6.45) is 5.30. The lowest BCUT2D eigenvalue weighted by Crippen LogP contribution is -2.37. The average molecular weight is 440 g/mol. The van der Waals surface area contributed by atoms with E-state index < -0.39 is 5.92 Å². The van der Waals surface area contributed by atoms with Crippen molar-refractivity contribution >= 4 is 28.9 Å². The fourth-order valence-electron chi connectivity index (χ4n) is 3.25. The molecule has 0 N–H and O–H groups in total. The Morgan fingerprint density at radius 1 is 1.43 bits per heavy atom. The highest BCUT2D eigenvalue weighted by Gasteiger charge is 2.45. The number of hydrogen-bond acceptors (Lipinski definition) is 5. The van der Waals surface area contributed by atoms with Crippen LogP contribution in [0.4, 0.5) is 14.5 Å². The van der Waals surface area contributed by atoms with Gasteiger partial charge in [-0.1, -0.05) is 16.8 Å². The number of amides is 1. The summed E-state index contributed by atoms with van der Waals surface area (Å²) in [6.45, 7) is 4.20. The molecule has 7 nitrogen and oxygen atoms in total. The number of aromatic nitrogens is 3. The van der Waals surface area contributed by atoms with E-state index in [0.29, 0.717) is 24.4 Å². The monoisotopic (exact) mass is 439 g/mol. The van der Waals surface area contributed by atoms with Gasteiger partial charge in [0, 0.05) is 37.9 Å². The largest absolute Gasteiger partial charge is 0.396 e. The Balaban J connectivity index is 1.53. The quantitative estimate of drug-likeness (QED) is 0.426. The maximum absolute atomic E-state index is 12.8. The molecule has 0 aromatic carbocycles. The average Bonchev–Trinajstić information content (AvgIpc) is 3.08. The number of hydrogen-bond donors (Lipinski definition) is 0. The number of halogens is 3. The van der Waals surface area contributed by atoms with Crippen molar-refractivity contribution < 1.29 is 18.4 Å². The lowest BCUT2D eigenvalue weighted by atomic mass is 9.82. The smallest absolute Gasteiger partial charge is 0.248 e. The number of carbonyl (C=O) groups excluding carboxylic acids is 1. The Morgan fingerprint density at radius 3 is 2.83 bits per heavy atom. The zero-order valence-electron chi connectivity index (χ0n) is 16.9. The maximum atomic E-state index is 12.8. The van der Waals surface area contributed by atoms with Crippen molar-refractivity contribution in [2.45, 2.75) is 45.5 Å². The predicted octanol–water partition coefficient (Wildman–Crippen LogP) is 4.49. The normalized spacial score (nSPS) is 16.2. The van der Waals surface area contributed by atoms with Crippen LogP contribution >= 0.6 is 11.6 Å². The van der Waals surface area contributed by atoms with E-state index in [1.807, 2.05) is 13.0 Å². The first-order valence-electron chi connectivity index (χ1n) is 9.78. The molecule has 1 amide bonds. The fourth-order valence-corrected chi connectivity index (χ4v) is 3.48. The fraction of sp³-hybridized carbons (Fsp3) is 0.500. The highest BCUT2D eigenvalue weighted by atomic mass is 35.5. The lowest BCUT2D eigenvalue weighted by molar-refractivity contribution is -0.128. The molecule has 2 aromatic heterocycles. The van der Waals surface area contributed by atoms with Gasteiger partial charge in [-0.3, -0.25) is 9.78 Å². The third kappa shape index (κ3) is 5.53. The number of carbonyl (C=O) groups is 1. The predicted molar refractivity (Wildman–Crippen MR) is 110 cm³/mol. The van der Waals surface area contributed by atoms with Crippen molar-refractivity contribution in [1.82, 2.24) is 14.8 Å². The molecule has 0 aliphatic heterocycles. The first kappa shape index (κ1) is 22.1. The van der Waals surface area contributed by atoms with Crippen molar-refractivity contribution in [2.24, 2.45) is 11.1 Å². The van der Waals surface area contributed by atoms with Gasteiger partial charge in [-0.15, -0.1) is 0 Å².